The third kappa shape index (κ3) is 7.75. The van der Waals surface area contributed by atoms with E-state index in [1.165, 1.54) is 19.2 Å². The SMILES string of the molecule is CNS(=O)(=O)c1cccc(OCC(O)CNC2COC3(CCN(S(=O)(=O)c4cc(-c5ccc(CN)cc5)ccc4C)CC3)C2)c1. The second-order valence-corrected chi connectivity index (χ2v) is 15.5. The van der Waals surface area contributed by atoms with Crippen LogP contribution in [0.1, 0.15) is 30.4 Å². The first kappa shape index (κ1) is 33.5. The number of hydrogen-bond donors (Lipinski definition) is 4. The molecule has 2 fully saturated rings. The van der Waals surface area contributed by atoms with Crippen LogP contribution in [0.3, 0.4) is 0 Å². The third-order valence-corrected chi connectivity index (χ3v) is 12.1. The molecule has 13 heteroatoms. The summed E-state index contributed by atoms with van der Waals surface area (Å²) in [7, 11) is -5.96. The van der Waals surface area contributed by atoms with E-state index in [1.54, 1.807) is 22.5 Å². The molecule has 0 bridgehead atoms. The highest BCUT2D eigenvalue weighted by molar-refractivity contribution is 7.89. The Morgan fingerprint density at radius 3 is 2.44 bits per heavy atom. The molecule has 45 heavy (non-hydrogen) atoms. The van der Waals surface area contributed by atoms with Crippen LogP contribution in [0, 0.1) is 6.92 Å². The number of hydrogen-bond acceptors (Lipinski definition) is 9. The lowest BCUT2D eigenvalue weighted by Crippen LogP contribution is -2.47. The Bertz CT molecular complexity index is 1690. The van der Waals surface area contributed by atoms with E-state index in [2.05, 4.69) is 10.0 Å². The van der Waals surface area contributed by atoms with Gasteiger partial charge in [0.05, 0.1) is 22.0 Å². The summed E-state index contributed by atoms with van der Waals surface area (Å²) >= 11 is 0. The predicted octanol–water partition coefficient (Wildman–Crippen LogP) is 2.37. The number of sulfonamides is 2. The summed E-state index contributed by atoms with van der Waals surface area (Å²) in [5, 5.41) is 13.8. The topological polar surface area (TPSA) is 160 Å². The molecule has 0 radical (unpaired) electrons. The Morgan fingerprint density at radius 1 is 1.04 bits per heavy atom. The molecule has 5 rings (SSSR count). The van der Waals surface area contributed by atoms with Crippen molar-refractivity contribution in [2.75, 3.05) is 39.9 Å². The molecule has 244 valence electrons. The highest BCUT2D eigenvalue weighted by atomic mass is 32.2. The fraction of sp³-hybridized carbons (Fsp3) is 0.438. The molecule has 0 aromatic heterocycles. The monoisotopic (exact) mass is 658 g/mol. The number of rotatable bonds is 12. The molecule has 1 spiro atoms. The molecular formula is C32H42N4O7S2. The first-order chi connectivity index (χ1) is 21.4. The second-order valence-electron chi connectivity index (χ2n) is 11.7. The molecule has 0 aliphatic carbocycles. The Hall–Kier alpha value is -2.88. The minimum absolute atomic E-state index is 0.0106. The Kier molecular flexibility index (Phi) is 10.3. The number of nitrogens with one attached hydrogen (secondary N) is 2. The van der Waals surface area contributed by atoms with Gasteiger partial charge in [-0.2, -0.15) is 4.31 Å². The van der Waals surface area contributed by atoms with Gasteiger partial charge in [-0.25, -0.2) is 21.6 Å². The fourth-order valence-corrected chi connectivity index (χ4v) is 8.35. The minimum atomic E-state index is -3.70. The predicted molar refractivity (Wildman–Crippen MR) is 172 cm³/mol. The van der Waals surface area contributed by atoms with E-state index in [1.807, 2.05) is 43.3 Å². The molecule has 2 aliphatic rings. The third-order valence-electron chi connectivity index (χ3n) is 8.64. The van der Waals surface area contributed by atoms with Crippen LogP contribution < -0.4 is 20.5 Å². The molecule has 3 aromatic rings. The van der Waals surface area contributed by atoms with Crippen molar-refractivity contribution in [1.29, 1.82) is 0 Å². The van der Waals surface area contributed by atoms with Crippen molar-refractivity contribution in [1.82, 2.24) is 14.3 Å². The molecule has 2 unspecified atom stereocenters. The number of nitrogens with zero attached hydrogens (tertiary/aromatic N) is 1. The molecule has 2 saturated heterocycles. The molecule has 0 saturated carbocycles. The zero-order valence-electron chi connectivity index (χ0n) is 25.6. The van der Waals surface area contributed by atoms with Crippen LogP contribution in [0.2, 0.25) is 0 Å². The van der Waals surface area contributed by atoms with Crippen molar-refractivity contribution in [2.24, 2.45) is 5.73 Å². The minimum Gasteiger partial charge on any atom is -0.491 e. The number of benzene rings is 3. The highest BCUT2D eigenvalue weighted by Gasteiger charge is 2.45. The first-order valence-electron chi connectivity index (χ1n) is 15.1. The van der Waals surface area contributed by atoms with Gasteiger partial charge in [-0.1, -0.05) is 42.5 Å². The van der Waals surface area contributed by atoms with Gasteiger partial charge in [-0.15, -0.1) is 0 Å². The molecule has 5 N–H and O–H groups in total. The smallest absolute Gasteiger partial charge is 0.243 e. The van der Waals surface area contributed by atoms with Crippen LogP contribution in [0.4, 0.5) is 0 Å². The number of nitrogens with two attached hydrogens (primary N) is 1. The first-order valence-corrected chi connectivity index (χ1v) is 18.0. The number of aliphatic hydroxyl groups is 1. The molecule has 11 nitrogen and oxygen atoms in total. The van der Waals surface area contributed by atoms with Crippen molar-refractivity contribution < 1.29 is 31.4 Å². The lowest BCUT2D eigenvalue weighted by Gasteiger charge is -2.38. The van der Waals surface area contributed by atoms with Gasteiger partial charge in [0.25, 0.3) is 0 Å². The van der Waals surface area contributed by atoms with Crippen LogP contribution in [0.25, 0.3) is 11.1 Å². The summed E-state index contributed by atoms with van der Waals surface area (Å²) in [5.74, 6) is 0.346. The van der Waals surface area contributed by atoms with Crippen LogP contribution in [0.15, 0.2) is 76.5 Å². The lowest BCUT2D eigenvalue weighted by atomic mass is 9.88. The van der Waals surface area contributed by atoms with Gasteiger partial charge < -0.3 is 25.6 Å². The summed E-state index contributed by atoms with van der Waals surface area (Å²) in [6.07, 6.45) is 1.06. The van der Waals surface area contributed by atoms with Crippen molar-refractivity contribution in [2.45, 2.75) is 60.3 Å². The van der Waals surface area contributed by atoms with Gasteiger partial charge in [-0.3, -0.25) is 0 Å². The van der Waals surface area contributed by atoms with Gasteiger partial charge in [0.15, 0.2) is 0 Å². The number of ether oxygens (including phenoxy) is 2. The number of piperidine rings is 1. The molecule has 0 amide bonds. The maximum atomic E-state index is 13.8. The van der Waals surface area contributed by atoms with Crippen LogP contribution >= 0.6 is 0 Å². The highest BCUT2D eigenvalue weighted by Crippen LogP contribution is 2.38. The summed E-state index contributed by atoms with van der Waals surface area (Å²) in [6.45, 7) is 3.72. The van der Waals surface area contributed by atoms with Crippen LogP contribution in [0.5, 0.6) is 5.75 Å². The van der Waals surface area contributed by atoms with E-state index in [0.717, 1.165) is 16.7 Å². The van der Waals surface area contributed by atoms with Crippen LogP contribution in [-0.2, 0) is 31.3 Å². The van der Waals surface area contributed by atoms with E-state index in [4.69, 9.17) is 15.2 Å². The molecule has 3 aromatic carbocycles. The van der Waals surface area contributed by atoms with Gasteiger partial charge in [-0.05, 0) is 73.7 Å². The average Bonchev–Trinajstić information content (AvgIpc) is 3.45. The summed E-state index contributed by atoms with van der Waals surface area (Å²) in [5.41, 5.74) is 8.80. The fourth-order valence-electron chi connectivity index (χ4n) is 5.89. The van der Waals surface area contributed by atoms with E-state index in [0.29, 0.717) is 61.7 Å². The number of aryl methyl sites for hydroxylation is 1. The Morgan fingerprint density at radius 2 is 1.76 bits per heavy atom. The van der Waals surface area contributed by atoms with Gasteiger partial charge in [0, 0.05) is 38.3 Å². The molecule has 2 aliphatic heterocycles. The zero-order chi connectivity index (χ0) is 32.2. The van der Waals surface area contributed by atoms with Gasteiger partial charge in [0.2, 0.25) is 20.0 Å². The van der Waals surface area contributed by atoms with Gasteiger partial charge in [0.1, 0.15) is 18.5 Å². The van der Waals surface area contributed by atoms with E-state index >= 15 is 0 Å². The summed E-state index contributed by atoms with van der Waals surface area (Å²) in [4.78, 5) is 0.400. The normalized spacial score (nSPS) is 19.5. The number of aliphatic hydroxyl groups excluding tert-OH is 1. The van der Waals surface area contributed by atoms with E-state index < -0.39 is 31.8 Å². The average molecular weight is 659 g/mol. The summed E-state index contributed by atoms with van der Waals surface area (Å²) < 4.78 is 67.3. The van der Waals surface area contributed by atoms with Crippen molar-refractivity contribution >= 4 is 20.0 Å². The quantitative estimate of drug-likeness (QED) is 0.229. The lowest BCUT2D eigenvalue weighted by molar-refractivity contribution is -0.0312. The maximum absolute atomic E-state index is 13.8. The van der Waals surface area contributed by atoms with Crippen molar-refractivity contribution in [3.05, 3.63) is 77.9 Å². The Balaban J connectivity index is 1.12. The second kappa shape index (κ2) is 13.9. The maximum Gasteiger partial charge on any atom is 0.243 e. The molecular weight excluding hydrogens is 617 g/mol. The van der Waals surface area contributed by atoms with E-state index in [9.17, 15) is 21.9 Å². The Labute approximate surface area is 265 Å². The van der Waals surface area contributed by atoms with Gasteiger partial charge >= 0.3 is 0 Å². The largest absolute Gasteiger partial charge is 0.491 e. The van der Waals surface area contributed by atoms with E-state index in [-0.39, 0.29) is 24.1 Å². The standard InChI is InChI=1S/C32H42N4O7S2/c1-23-6-9-26(25-10-7-24(19-33)8-11-25)16-31(23)45(40,41)36-14-12-32(13-15-36)18-27(21-43-32)35-20-28(37)22-42-29-4-3-5-30(17-29)44(38,39)34-2/h3-11,16-17,27-28,34-35,37H,12-15,18-22,33H2,1-2H3. The molecule has 2 atom stereocenters. The van der Waals surface area contributed by atoms with Crippen molar-refractivity contribution in [3.8, 4) is 16.9 Å². The molecule has 2 heterocycles. The summed E-state index contributed by atoms with van der Waals surface area (Å²) in [6, 6.07) is 19.5. The van der Waals surface area contributed by atoms with Crippen molar-refractivity contribution in [3.63, 3.8) is 0 Å². The zero-order valence-corrected chi connectivity index (χ0v) is 27.2. The van der Waals surface area contributed by atoms with Crippen LogP contribution in [-0.4, -0.2) is 83.9 Å².